The van der Waals surface area contributed by atoms with Crippen molar-refractivity contribution in [3.63, 3.8) is 0 Å². The number of hydrogen-bond acceptors (Lipinski definition) is 3. The Kier molecular flexibility index (Phi) is 5.69. The predicted molar refractivity (Wildman–Crippen MR) is 130 cm³/mol. The molecule has 5 heteroatoms. The Hall–Kier alpha value is -3.86. The molecule has 0 saturated carbocycles. The van der Waals surface area contributed by atoms with Gasteiger partial charge in [-0.15, -0.1) is 0 Å². The van der Waals surface area contributed by atoms with Crippen molar-refractivity contribution in [1.82, 2.24) is 9.97 Å². The van der Waals surface area contributed by atoms with Crippen LogP contribution < -0.4 is 10.1 Å². The molecule has 33 heavy (non-hydrogen) atoms. The van der Waals surface area contributed by atoms with Crippen LogP contribution in [0.3, 0.4) is 0 Å². The van der Waals surface area contributed by atoms with E-state index in [9.17, 15) is 4.79 Å². The average molecular weight is 438 g/mol. The standard InChI is InChI=1S/C28H27N3O2/c1-18(2)20-11-7-8-19(16-26-29-14-15-30-26)28(20)31-27(32)17-23-21-9-3-5-12-24(21)33-25-13-6-4-10-22(23)25/h3-15,18,23H,16-17H2,1-2H3,(H,29,30)(H,31,32). The van der Waals surface area contributed by atoms with Gasteiger partial charge in [-0.1, -0.05) is 68.4 Å². The molecular weight excluding hydrogens is 410 g/mol. The zero-order valence-electron chi connectivity index (χ0n) is 18.8. The fourth-order valence-corrected chi connectivity index (χ4v) is 4.58. The van der Waals surface area contributed by atoms with Gasteiger partial charge < -0.3 is 15.0 Å². The highest BCUT2D eigenvalue weighted by molar-refractivity contribution is 5.93. The van der Waals surface area contributed by atoms with Crippen LogP contribution in [0.4, 0.5) is 5.69 Å². The maximum Gasteiger partial charge on any atom is 0.225 e. The second-order valence-corrected chi connectivity index (χ2v) is 8.73. The Morgan fingerprint density at radius 1 is 1.00 bits per heavy atom. The number of amides is 1. The number of para-hydroxylation sites is 3. The lowest BCUT2D eigenvalue weighted by molar-refractivity contribution is -0.116. The number of carbonyl (C=O) groups excluding carboxylic acids is 1. The summed E-state index contributed by atoms with van der Waals surface area (Å²) in [5, 5.41) is 3.26. The van der Waals surface area contributed by atoms with Crippen molar-refractivity contribution in [1.29, 1.82) is 0 Å². The van der Waals surface area contributed by atoms with Crippen LogP contribution in [0.15, 0.2) is 79.1 Å². The molecule has 166 valence electrons. The number of benzene rings is 3. The van der Waals surface area contributed by atoms with Crippen LogP contribution in [0, 0.1) is 0 Å². The van der Waals surface area contributed by atoms with E-state index in [1.165, 1.54) is 0 Å². The number of fused-ring (bicyclic) bond motifs is 2. The lowest BCUT2D eigenvalue weighted by Crippen LogP contribution is -2.20. The van der Waals surface area contributed by atoms with Gasteiger partial charge in [0.15, 0.2) is 0 Å². The third-order valence-corrected chi connectivity index (χ3v) is 6.18. The fraction of sp³-hybridized carbons (Fsp3) is 0.214. The lowest BCUT2D eigenvalue weighted by atomic mass is 9.85. The number of anilines is 1. The monoisotopic (exact) mass is 437 g/mol. The Balaban J connectivity index is 1.46. The Morgan fingerprint density at radius 2 is 1.70 bits per heavy atom. The summed E-state index contributed by atoms with van der Waals surface area (Å²) in [5.74, 6) is 2.71. The number of nitrogens with one attached hydrogen (secondary N) is 2. The first-order valence-corrected chi connectivity index (χ1v) is 11.4. The molecule has 0 unspecified atom stereocenters. The van der Waals surface area contributed by atoms with Crippen LogP contribution in [-0.4, -0.2) is 15.9 Å². The summed E-state index contributed by atoms with van der Waals surface area (Å²) < 4.78 is 6.09. The lowest BCUT2D eigenvalue weighted by Gasteiger charge is -2.28. The quantitative estimate of drug-likeness (QED) is 0.367. The van der Waals surface area contributed by atoms with Gasteiger partial charge in [0.1, 0.15) is 17.3 Å². The molecule has 2 heterocycles. The third-order valence-electron chi connectivity index (χ3n) is 6.18. The summed E-state index contributed by atoms with van der Waals surface area (Å²) in [5.41, 5.74) is 5.15. The topological polar surface area (TPSA) is 67.0 Å². The predicted octanol–water partition coefficient (Wildman–Crippen LogP) is 6.39. The summed E-state index contributed by atoms with van der Waals surface area (Å²) in [6.45, 7) is 4.29. The molecule has 0 fully saturated rings. The van der Waals surface area contributed by atoms with Crippen molar-refractivity contribution in [2.75, 3.05) is 5.32 Å². The van der Waals surface area contributed by atoms with E-state index in [-0.39, 0.29) is 17.7 Å². The molecule has 1 aliphatic heterocycles. The normalized spacial score (nSPS) is 12.7. The number of rotatable bonds is 6. The van der Waals surface area contributed by atoms with E-state index in [1.807, 2.05) is 60.8 Å². The van der Waals surface area contributed by atoms with E-state index in [1.54, 1.807) is 6.20 Å². The number of ether oxygens (including phenoxy) is 1. The van der Waals surface area contributed by atoms with Gasteiger partial charge in [-0.05, 0) is 29.2 Å². The van der Waals surface area contributed by atoms with Crippen molar-refractivity contribution < 1.29 is 9.53 Å². The van der Waals surface area contributed by atoms with Gasteiger partial charge in [0.05, 0.1) is 0 Å². The molecule has 0 radical (unpaired) electrons. The summed E-state index contributed by atoms with van der Waals surface area (Å²) in [4.78, 5) is 21.0. The first kappa shape index (κ1) is 21.0. The highest BCUT2D eigenvalue weighted by Gasteiger charge is 2.29. The van der Waals surface area contributed by atoms with Crippen molar-refractivity contribution in [3.8, 4) is 11.5 Å². The minimum atomic E-state index is -0.0640. The maximum absolute atomic E-state index is 13.5. The van der Waals surface area contributed by atoms with Gasteiger partial charge >= 0.3 is 0 Å². The van der Waals surface area contributed by atoms with Crippen LogP contribution >= 0.6 is 0 Å². The SMILES string of the molecule is CC(C)c1cccc(Cc2ncc[nH]2)c1NC(=O)CC1c2ccccc2Oc2ccccc21. The molecule has 1 aromatic heterocycles. The van der Waals surface area contributed by atoms with Gasteiger partial charge in [-0.25, -0.2) is 4.98 Å². The number of aromatic nitrogens is 2. The third kappa shape index (κ3) is 4.27. The molecule has 0 saturated heterocycles. The van der Waals surface area contributed by atoms with Crippen LogP contribution in [0.25, 0.3) is 0 Å². The van der Waals surface area contributed by atoms with Crippen molar-refractivity contribution in [2.45, 2.75) is 38.5 Å². The molecule has 4 aromatic rings. The molecular formula is C28H27N3O2. The number of carbonyl (C=O) groups is 1. The van der Waals surface area contributed by atoms with Gasteiger partial charge in [0.2, 0.25) is 5.91 Å². The van der Waals surface area contributed by atoms with E-state index < -0.39 is 0 Å². The first-order valence-electron chi connectivity index (χ1n) is 11.4. The zero-order valence-corrected chi connectivity index (χ0v) is 18.8. The highest BCUT2D eigenvalue weighted by Crippen LogP contribution is 2.45. The molecule has 0 aliphatic carbocycles. The molecule has 2 N–H and O–H groups in total. The number of aromatic amines is 1. The number of nitrogens with zero attached hydrogens (tertiary/aromatic N) is 1. The van der Waals surface area contributed by atoms with Crippen LogP contribution in [0.2, 0.25) is 0 Å². The molecule has 1 amide bonds. The van der Waals surface area contributed by atoms with Crippen LogP contribution in [0.1, 0.15) is 60.2 Å². The smallest absolute Gasteiger partial charge is 0.225 e. The molecule has 0 bridgehead atoms. The highest BCUT2D eigenvalue weighted by atomic mass is 16.5. The van der Waals surface area contributed by atoms with Crippen LogP contribution in [-0.2, 0) is 11.2 Å². The molecule has 0 atom stereocenters. The molecule has 3 aromatic carbocycles. The maximum atomic E-state index is 13.5. The number of hydrogen-bond donors (Lipinski definition) is 2. The molecule has 1 aliphatic rings. The van der Waals surface area contributed by atoms with E-state index in [2.05, 4.69) is 41.3 Å². The summed E-state index contributed by atoms with van der Waals surface area (Å²) >= 11 is 0. The Bertz CT molecular complexity index is 1230. The molecule has 5 nitrogen and oxygen atoms in total. The van der Waals surface area contributed by atoms with Gasteiger partial charge in [0.25, 0.3) is 0 Å². The minimum absolute atomic E-state index is 0.0136. The molecule has 0 spiro atoms. The van der Waals surface area contributed by atoms with Gasteiger partial charge in [0, 0.05) is 48.0 Å². The summed E-state index contributed by atoms with van der Waals surface area (Å²) in [7, 11) is 0. The van der Waals surface area contributed by atoms with Crippen LogP contribution in [0.5, 0.6) is 11.5 Å². The van der Waals surface area contributed by atoms with Gasteiger partial charge in [-0.3, -0.25) is 4.79 Å². The Labute approximate surface area is 193 Å². The van der Waals surface area contributed by atoms with E-state index in [4.69, 9.17) is 4.74 Å². The Morgan fingerprint density at radius 3 is 2.33 bits per heavy atom. The largest absolute Gasteiger partial charge is 0.457 e. The summed E-state index contributed by atoms with van der Waals surface area (Å²) in [6.07, 6.45) is 4.54. The second kappa shape index (κ2) is 8.94. The van der Waals surface area contributed by atoms with Crippen molar-refractivity contribution >= 4 is 11.6 Å². The van der Waals surface area contributed by atoms with Gasteiger partial charge in [-0.2, -0.15) is 0 Å². The van der Waals surface area contributed by atoms with Crippen molar-refractivity contribution in [3.05, 3.63) is 107 Å². The average Bonchev–Trinajstić information content (AvgIpc) is 3.33. The molecule has 5 rings (SSSR count). The fourth-order valence-electron chi connectivity index (χ4n) is 4.58. The van der Waals surface area contributed by atoms with Crippen molar-refractivity contribution in [2.24, 2.45) is 0 Å². The number of H-pyrrole nitrogens is 1. The number of imidazole rings is 1. The minimum Gasteiger partial charge on any atom is -0.457 e. The van der Waals surface area contributed by atoms with E-state index in [0.29, 0.717) is 12.8 Å². The summed E-state index contributed by atoms with van der Waals surface area (Å²) in [6, 6.07) is 22.1. The second-order valence-electron chi connectivity index (χ2n) is 8.73. The zero-order chi connectivity index (χ0) is 22.8. The van der Waals surface area contributed by atoms with E-state index >= 15 is 0 Å². The first-order chi connectivity index (χ1) is 16.1. The van der Waals surface area contributed by atoms with E-state index in [0.717, 1.165) is 45.3 Å².